The third-order valence-corrected chi connectivity index (χ3v) is 5.94. The van der Waals surface area contributed by atoms with Gasteiger partial charge in [0.05, 0.1) is 17.3 Å². The maximum absolute atomic E-state index is 9.07. The molecule has 4 aliphatic rings. The summed E-state index contributed by atoms with van der Waals surface area (Å²) in [5, 5.41) is 9.07. The van der Waals surface area contributed by atoms with E-state index in [9.17, 15) is 0 Å². The smallest absolute Gasteiger partial charge is 0.199 e. The van der Waals surface area contributed by atoms with Crippen LogP contribution in [0.25, 0.3) is 0 Å². The first-order valence-corrected chi connectivity index (χ1v) is 9.10. The first-order valence-electron chi connectivity index (χ1n) is 9.10. The van der Waals surface area contributed by atoms with Crippen LogP contribution in [0.1, 0.15) is 30.2 Å². The maximum Gasteiger partial charge on any atom is 0.199 e. The van der Waals surface area contributed by atoms with Gasteiger partial charge in [0, 0.05) is 18.2 Å². The number of benzene rings is 2. The highest BCUT2D eigenvalue weighted by Gasteiger charge is 2.44. The van der Waals surface area contributed by atoms with Gasteiger partial charge < -0.3 is 14.5 Å². The summed E-state index contributed by atoms with van der Waals surface area (Å²) in [6.07, 6.45) is 2.46. The topological polar surface area (TPSA) is 39.5 Å². The highest BCUT2D eigenvalue weighted by molar-refractivity contribution is 5.64. The van der Waals surface area contributed by atoms with Crippen molar-refractivity contribution in [1.82, 2.24) is 4.90 Å². The molecular formula is C21H21N3O. The number of fused-ring (bicyclic) bond motifs is 4. The first kappa shape index (κ1) is 14.8. The van der Waals surface area contributed by atoms with Crippen LogP contribution in [0.3, 0.4) is 0 Å². The molecule has 0 spiro atoms. The lowest BCUT2D eigenvalue weighted by Gasteiger charge is -2.49. The van der Waals surface area contributed by atoms with Gasteiger partial charge in [-0.2, -0.15) is 5.26 Å². The maximum atomic E-state index is 9.07. The van der Waals surface area contributed by atoms with Gasteiger partial charge >= 0.3 is 0 Å². The van der Waals surface area contributed by atoms with Crippen LogP contribution in [0.4, 0.5) is 5.69 Å². The van der Waals surface area contributed by atoms with Crippen molar-refractivity contribution in [3.8, 4) is 11.8 Å². The predicted molar refractivity (Wildman–Crippen MR) is 96.4 cm³/mol. The number of anilines is 1. The highest BCUT2D eigenvalue weighted by Crippen LogP contribution is 2.47. The van der Waals surface area contributed by atoms with E-state index < -0.39 is 0 Å². The Morgan fingerprint density at radius 2 is 1.76 bits per heavy atom. The Bertz CT molecular complexity index is 818. The standard InChI is InChI=1S/C21H21N3O/c22-13-15-5-7-17(8-6-15)21-24(18-3-1-2-4-20(18)25-21)19-14-23-11-9-16(19)10-12-23/h1-8,16,19,21H,9-12,14H2. The van der Waals surface area contributed by atoms with Crippen LogP contribution in [0.5, 0.6) is 5.75 Å². The number of rotatable bonds is 2. The first-order chi connectivity index (χ1) is 12.3. The second-order valence-corrected chi connectivity index (χ2v) is 7.28. The third kappa shape index (κ3) is 2.39. The lowest BCUT2D eigenvalue weighted by molar-refractivity contribution is 0.0700. The molecule has 0 aromatic heterocycles. The average molecular weight is 331 g/mol. The van der Waals surface area contributed by atoms with E-state index in [1.54, 1.807) is 0 Å². The summed E-state index contributed by atoms with van der Waals surface area (Å²) < 4.78 is 6.36. The second kappa shape index (κ2) is 5.79. The van der Waals surface area contributed by atoms with E-state index in [4.69, 9.17) is 10.00 Å². The molecule has 6 rings (SSSR count). The molecule has 25 heavy (non-hydrogen) atoms. The zero-order chi connectivity index (χ0) is 16.8. The zero-order valence-corrected chi connectivity index (χ0v) is 14.1. The summed E-state index contributed by atoms with van der Waals surface area (Å²) >= 11 is 0. The van der Waals surface area contributed by atoms with Crippen LogP contribution >= 0.6 is 0 Å². The second-order valence-electron chi connectivity index (χ2n) is 7.28. The van der Waals surface area contributed by atoms with Gasteiger partial charge in [-0.25, -0.2) is 0 Å². The quantitative estimate of drug-likeness (QED) is 0.844. The summed E-state index contributed by atoms with van der Waals surface area (Å²) in [6, 6.07) is 18.9. The van der Waals surface area contributed by atoms with Gasteiger partial charge in [0.2, 0.25) is 0 Å². The van der Waals surface area contributed by atoms with E-state index in [-0.39, 0.29) is 6.23 Å². The lowest BCUT2D eigenvalue weighted by atomic mass is 9.82. The minimum absolute atomic E-state index is 0.101. The molecule has 2 bridgehead atoms. The van der Waals surface area contributed by atoms with Crippen LogP contribution in [-0.2, 0) is 0 Å². The van der Waals surface area contributed by atoms with Crippen molar-refractivity contribution < 1.29 is 4.74 Å². The van der Waals surface area contributed by atoms with Gasteiger partial charge in [0.15, 0.2) is 6.23 Å². The molecule has 126 valence electrons. The Kier molecular flexibility index (Phi) is 3.43. The fourth-order valence-corrected chi connectivity index (χ4v) is 4.63. The Morgan fingerprint density at radius 1 is 1.00 bits per heavy atom. The molecule has 2 aromatic carbocycles. The summed E-state index contributed by atoms with van der Waals surface area (Å²) in [6.45, 7) is 3.59. The molecule has 0 radical (unpaired) electrons. The zero-order valence-electron chi connectivity index (χ0n) is 14.1. The third-order valence-electron chi connectivity index (χ3n) is 5.94. The van der Waals surface area contributed by atoms with Gasteiger partial charge in [0.1, 0.15) is 5.75 Å². The summed E-state index contributed by atoms with van der Waals surface area (Å²) in [5.74, 6) is 1.70. The molecule has 3 fully saturated rings. The van der Waals surface area contributed by atoms with E-state index >= 15 is 0 Å². The van der Waals surface area contributed by atoms with E-state index in [0.717, 1.165) is 23.8 Å². The molecule has 4 aliphatic heterocycles. The van der Waals surface area contributed by atoms with Gasteiger partial charge in [-0.1, -0.05) is 24.3 Å². The number of para-hydroxylation sites is 2. The number of hydrogen-bond acceptors (Lipinski definition) is 4. The fraction of sp³-hybridized carbons (Fsp3) is 0.381. The lowest BCUT2D eigenvalue weighted by Crippen LogP contribution is -2.57. The van der Waals surface area contributed by atoms with E-state index in [0.29, 0.717) is 11.6 Å². The van der Waals surface area contributed by atoms with Gasteiger partial charge in [-0.05, 0) is 56.1 Å². The largest absolute Gasteiger partial charge is 0.464 e. The molecule has 4 heteroatoms. The highest BCUT2D eigenvalue weighted by atomic mass is 16.5. The number of ether oxygens (including phenoxy) is 1. The van der Waals surface area contributed by atoms with Crippen molar-refractivity contribution in [2.24, 2.45) is 5.92 Å². The van der Waals surface area contributed by atoms with Crippen LogP contribution in [0, 0.1) is 17.2 Å². The molecule has 0 amide bonds. The summed E-state index contributed by atoms with van der Waals surface area (Å²) in [4.78, 5) is 5.08. The monoisotopic (exact) mass is 331 g/mol. The molecular weight excluding hydrogens is 310 g/mol. The van der Waals surface area contributed by atoms with E-state index in [2.05, 4.69) is 34.1 Å². The molecule has 2 aromatic rings. The van der Waals surface area contributed by atoms with Gasteiger partial charge in [-0.3, -0.25) is 0 Å². The summed E-state index contributed by atoms with van der Waals surface area (Å²) in [5.41, 5.74) is 3.01. The minimum Gasteiger partial charge on any atom is -0.464 e. The normalized spacial score (nSPS) is 29.8. The Hall–Kier alpha value is -2.51. The SMILES string of the molecule is N#Cc1ccc(C2Oc3ccccc3N2C2CN3CCC2CC3)cc1. The fourth-order valence-electron chi connectivity index (χ4n) is 4.63. The van der Waals surface area contributed by atoms with E-state index in [1.165, 1.54) is 31.6 Å². The average Bonchev–Trinajstić information content (AvgIpc) is 3.08. The Balaban J connectivity index is 1.54. The van der Waals surface area contributed by atoms with Crippen molar-refractivity contribution >= 4 is 5.69 Å². The number of piperidine rings is 3. The van der Waals surface area contributed by atoms with Crippen LogP contribution in [-0.4, -0.2) is 30.6 Å². The van der Waals surface area contributed by atoms with Crippen molar-refractivity contribution in [2.45, 2.75) is 25.1 Å². The molecule has 3 saturated heterocycles. The molecule has 0 aliphatic carbocycles. The Labute approximate surface area is 148 Å². The molecule has 0 N–H and O–H groups in total. The van der Waals surface area contributed by atoms with Crippen LogP contribution in [0.15, 0.2) is 48.5 Å². The van der Waals surface area contributed by atoms with Crippen LogP contribution in [0.2, 0.25) is 0 Å². The molecule has 0 saturated carbocycles. The predicted octanol–water partition coefficient (Wildman–Crippen LogP) is 3.55. The van der Waals surface area contributed by atoms with E-state index in [1.807, 2.05) is 30.3 Å². The molecule has 2 atom stereocenters. The van der Waals surface area contributed by atoms with Crippen molar-refractivity contribution in [3.05, 3.63) is 59.7 Å². The Morgan fingerprint density at radius 3 is 2.44 bits per heavy atom. The summed E-state index contributed by atoms with van der Waals surface area (Å²) in [7, 11) is 0. The van der Waals surface area contributed by atoms with Gasteiger partial charge in [-0.15, -0.1) is 0 Å². The van der Waals surface area contributed by atoms with Gasteiger partial charge in [0.25, 0.3) is 0 Å². The van der Waals surface area contributed by atoms with Crippen LogP contribution < -0.4 is 9.64 Å². The molecule has 2 unspecified atom stereocenters. The number of hydrogen-bond donors (Lipinski definition) is 0. The van der Waals surface area contributed by atoms with Crippen molar-refractivity contribution in [1.29, 1.82) is 5.26 Å². The minimum atomic E-state index is -0.101. The number of nitrogens with zero attached hydrogens (tertiary/aromatic N) is 3. The number of nitriles is 1. The van der Waals surface area contributed by atoms with Crippen molar-refractivity contribution in [3.63, 3.8) is 0 Å². The molecule has 4 nitrogen and oxygen atoms in total. The molecule has 4 heterocycles. The van der Waals surface area contributed by atoms with Crippen molar-refractivity contribution in [2.75, 3.05) is 24.5 Å².